The average molecular weight is 344 g/mol. The minimum absolute atomic E-state index is 0.00839. The summed E-state index contributed by atoms with van der Waals surface area (Å²) in [6, 6.07) is 15.7. The lowest BCUT2D eigenvalue weighted by atomic mass is 9.97. The van der Waals surface area contributed by atoms with Gasteiger partial charge in [-0.2, -0.15) is 0 Å². The molecule has 1 aliphatic heterocycles. The first-order valence-electron chi connectivity index (χ1n) is 8.28. The summed E-state index contributed by atoms with van der Waals surface area (Å²) in [5, 5.41) is 3.86. The Morgan fingerprint density at radius 1 is 1.25 bits per heavy atom. The van der Waals surface area contributed by atoms with Crippen LogP contribution in [0.1, 0.15) is 42.1 Å². The summed E-state index contributed by atoms with van der Waals surface area (Å²) in [5.41, 5.74) is 3.25. The van der Waals surface area contributed by atoms with Gasteiger partial charge in [0.25, 0.3) is 0 Å². The van der Waals surface area contributed by atoms with E-state index in [0.29, 0.717) is 11.6 Å². The second-order valence-corrected chi connectivity index (χ2v) is 6.82. The number of rotatable bonds is 4. The summed E-state index contributed by atoms with van der Waals surface area (Å²) >= 11 is 5.95. The van der Waals surface area contributed by atoms with Crippen LogP contribution in [0, 0.1) is 6.92 Å². The van der Waals surface area contributed by atoms with E-state index in [-0.39, 0.29) is 24.0 Å². The lowest BCUT2D eigenvalue weighted by Crippen LogP contribution is -2.39. The van der Waals surface area contributed by atoms with Crippen molar-refractivity contribution >= 4 is 17.5 Å². The molecule has 0 radical (unpaired) electrons. The largest absolute Gasteiger partial charge is 0.371 e. The maximum Gasteiger partial charge on any atom is 0.227 e. The van der Waals surface area contributed by atoms with Crippen LogP contribution < -0.4 is 5.32 Å². The number of aryl methyl sites for hydroxylation is 1. The van der Waals surface area contributed by atoms with Crippen molar-refractivity contribution in [1.82, 2.24) is 5.32 Å². The SMILES string of the molecule is Cc1cccc([C@H](C)C(=O)N[C@@H]2CCO[C@@H]2c2ccc(Cl)cc2)c1. The monoisotopic (exact) mass is 343 g/mol. The van der Waals surface area contributed by atoms with Gasteiger partial charge in [-0.25, -0.2) is 0 Å². The number of amides is 1. The number of nitrogens with one attached hydrogen (secondary N) is 1. The van der Waals surface area contributed by atoms with Crippen LogP contribution in [0.5, 0.6) is 0 Å². The Bertz CT molecular complexity index is 714. The molecule has 2 aromatic rings. The second kappa shape index (κ2) is 7.37. The van der Waals surface area contributed by atoms with Crippen molar-refractivity contribution in [2.45, 2.75) is 38.3 Å². The van der Waals surface area contributed by atoms with Gasteiger partial charge in [0.15, 0.2) is 0 Å². The van der Waals surface area contributed by atoms with Crippen molar-refractivity contribution in [2.24, 2.45) is 0 Å². The van der Waals surface area contributed by atoms with E-state index in [2.05, 4.69) is 11.4 Å². The van der Waals surface area contributed by atoms with Gasteiger partial charge in [0.05, 0.1) is 12.0 Å². The molecule has 3 atom stereocenters. The first kappa shape index (κ1) is 17.0. The summed E-state index contributed by atoms with van der Waals surface area (Å²) in [6.07, 6.45) is 0.704. The van der Waals surface area contributed by atoms with E-state index in [0.717, 1.165) is 23.1 Å². The van der Waals surface area contributed by atoms with Crippen LogP contribution in [0.3, 0.4) is 0 Å². The molecule has 1 N–H and O–H groups in total. The maximum atomic E-state index is 12.7. The molecule has 0 bridgehead atoms. The molecular weight excluding hydrogens is 322 g/mol. The fraction of sp³-hybridized carbons (Fsp3) is 0.350. The first-order chi connectivity index (χ1) is 11.5. The van der Waals surface area contributed by atoms with Gasteiger partial charge in [-0.1, -0.05) is 53.6 Å². The highest BCUT2D eigenvalue weighted by atomic mass is 35.5. The molecule has 2 aromatic carbocycles. The molecular formula is C20H22ClNO2. The number of hydrogen-bond donors (Lipinski definition) is 1. The molecule has 126 valence electrons. The molecule has 1 saturated heterocycles. The van der Waals surface area contributed by atoms with Crippen LogP contribution in [0.4, 0.5) is 0 Å². The predicted molar refractivity (Wildman–Crippen MR) is 96.3 cm³/mol. The molecule has 0 aliphatic carbocycles. The minimum Gasteiger partial charge on any atom is -0.371 e. The molecule has 24 heavy (non-hydrogen) atoms. The van der Waals surface area contributed by atoms with Crippen LogP contribution in [0.25, 0.3) is 0 Å². The molecule has 0 aromatic heterocycles. The summed E-state index contributed by atoms with van der Waals surface area (Å²) in [4.78, 5) is 12.7. The standard InChI is InChI=1S/C20H22ClNO2/c1-13-4-3-5-16(12-13)14(2)20(23)22-18-10-11-24-19(18)15-6-8-17(21)9-7-15/h3-9,12,14,18-19H,10-11H2,1-2H3,(H,22,23)/t14-,18+,19+/m0/s1. The molecule has 1 amide bonds. The number of carbonyl (C=O) groups excluding carboxylic acids is 1. The van der Waals surface area contributed by atoms with Crippen molar-refractivity contribution in [2.75, 3.05) is 6.61 Å². The predicted octanol–water partition coefficient (Wildman–Crippen LogP) is 4.40. The van der Waals surface area contributed by atoms with Crippen molar-refractivity contribution in [3.63, 3.8) is 0 Å². The lowest BCUT2D eigenvalue weighted by Gasteiger charge is -2.22. The smallest absolute Gasteiger partial charge is 0.227 e. The summed E-state index contributed by atoms with van der Waals surface area (Å²) in [6.45, 7) is 4.63. The minimum atomic E-state index is -0.184. The third-order valence-electron chi connectivity index (χ3n) is 4.55. The highest BCUT2D eigenvalue weighted by Gasteiger charge is 2.32. The first-order valence-corrected chi connectivity index (χ1v) is 8.66. The summed E-state index contributed by atoms with van der Waals surface area (Å²) < 4.78 is 5.84. The Hall–Kier alpha value is -1.84. The molecule has 4 heteroatoms. The molecule has 1 aliphatic rings. The summed E-state index contributed by atoms with van der Waals surface area (Å²) in [7, 11) is 0. The molecule has 1 heterocycles. The third-order valence-corrected chi connectivity index (χ3v) is 4.81. The van der Waals surface area contributed by atoms with E-state index in [1.165, 1.54) is 0 Å². The number of carbonyl (C=O) groups is 1. The Morgan fingerprint density at radius 2 is 2.00 bits per heavy atom. The molecule has 0 saturated carbocycles. The zero-order chi connectivity index (χ0) is 17.1. The Morgan fingerprint density at radius 3 is 2.71 bits per heavy atom. The van der Waals surface area contributed by atoms with Crippen LogP contribution >= 0.6 is 11.6 Å². The van der Waals surface area contributed by atoms with Gasteiger partial charge in [-0.05, 0) is 43.5 Å². The van der Waals surface area contributed by atoms with E-state index in [9.17, 15) is 4.79 Å². The molecule has 1 fully saturated rings. The van der Waals surface area contributed by atoms with E-state index >= 15 is 0 Å². The van der Waals surface area contributed by atoms with Crippen molar-refractivity contribution < 1.29 is 9.53 Å². The van der Waals surface area contributed by atoms with E-state index in [4.69, 9.17) is 16.3 Å². The zero-order valence-corrected chi connectivity index (χ0v) is 14.7. The van der Waals surface area contributed by atoms with E-state index in [1.54, 1.807) is 0 Å². The van der Waals surface area contributed by atoms with Gasteiger partial charge < -0.3 is 10.1 Å². The van der Waals surface area contributed by atoms with E-state index < -0.39 is 0 Å². The zero-order valence-electron chi connectivity index (χ0n) is 14.0. The maximum absolute atomic E-state index is 12.7. The number of hydrogen-bond acceptors (Lipinski definition) is 2. The van der Waals surface area contributed by atoms with Gasteiger partial charge in [0.2, 0.25) is 5.91 Å². The average Bonchev–Trinajstić information content (AvgIpc) is 3.03. The highest BCUT2D eigenvalue weighted by Crippen LogP contribution is 2.30. The van der Waals surface area contributed by atoms with Crippen LogP contribution in [-0.2, 0) is 9.53 Å². The fourth-order valence-corrected chi connectivity index (χ4v) is 3.24. The highest BCUT2D eigenvalue weighted by molar-refractivity contribution is 6.30. The molecule has 3 rings (SSSR count). The van der Waals surface area contributed by atoms with Gasteiger partial charge in [0, 0.05) is 11.6 Å². The lowest BCUT2D eigenvalue weighted by molar-refractivity contribution is -0.123. The number of benzene rings is 2. The van der Waals surface area contributed by atoms with Crippen LogP contribution in [0.15, 0.2) is 48.5 Å². The number of ether oxygens (including phenoxy) is 1. The third kappa shape index (κ3) is 3.80. The molecule has 0 unspecified atom stereocenters. The fourth-order valence-electron chi connectivity index (χ4n) is 3.12. The normalized spacial score (nSPS) is 21.5. The van der Waals surface area contributed by atoms with Crippen LogP contribution in [0.2, 0.25) is 5.02 Å². The van der Waals surface area contributed by atoms with Gasteiger partial charge >= 0.3 is 0 Å². The van der Waals surface area contributed by atoms with Crippen molar-refractivity contribution in [3.8, 4) is 0 Å². The Labute approximate surface area is 148 Å². The van der Waals surface area contributed by atoms with E-state index in [1.807, 2.05) is 56.3 Å². The molecule has 3 nitrogen and oxygen atoms in total. The Balaban J connectivity index is 1.70. The van der Waals surface area contributed by atoms with Crippen molar-refractivity contribution in [3.05, 3.63) is 70.2 Å². The number of halogens is 1. The van der Waals surface area contributed by atoms with Gasteiger partial charge in [-0.3, -0.25) is 4.79 Å². The molecule has 0 spiro atoms. The van der Waals surface area contributed by atoms with Gasteiger partial charge in [0.1, 0.15) is 6.10 Å². The Kier molecular flexibility index (Phi) is 5.22. The van der Waals surface area contributed by atoms with Gasteiger partial charge in [-0.15, -0.1) is 0 Å². The summed E-state index contributed by atoms with van der Waals surface area (Å²) in [5.74, 6) is -0.147. The van der Waals surface area contributed by atoms with Crippen molar-refractivity contribution in [1.29, 1.82) is 0 Å². The quantitative estimate of drug-likeness (QED) is 0.893. The van der Waals surface area contributed by atoms with Crippen LogP contribution in [-0.4, -0.2) is 18.6 Å². The topological polar surface area (TPSA) is 38.3 Å². The second-order valence-electron chi connectivity index (χ2n) is 6.38.